The highest BCUT2D eigenvalue weighted by molar-refractivity contribution is 5.11. The molecule has 4 aliphatic carbocycles. The van der Waals surface area contributed by atoms with E-state index < -0.39 is 12.2 Å². The molecule has 0 heterocycles. The summed E-state index contributed by atoms with van der Waals surface area (Å²) in [5, 5.41) is 20.8. The molecule has 0 saturated heterocycles. The lowest BCUT2D eigenvalue weighted by atomic mass is 9.44. The fraction of sp³-hybridized carbons (Fsp3) is 1.00. The zero-order chi connectivity index (χ0) is 17.3. The van der Waals surface area contributed by atoms with Crippen molar-refractivity contribution in [2.45, 2.75) is 90.4 Å². The van der Waals surface area contributed by atoms with E-state index in [0.29, 0.717) is 23.3 Å². The highest BCUT2D eigenvalue weighted by Crippen LogP contribution is 2.67. The number of nitrogens with two attached hydrogens (primary N) is 1. The standard InChI is InChI=1S/C21H37NO2/c1-12(22)14-6-7-15-13-4-5-17-19(24)18(23)9-11-21(17,3)16(13)8-10-20(14,15)2/h12-19,23-24H,4-11,22H2,1-3H3/t12-,13+,14+,15+,16+,17+,18-,19+,20-,21-/m1/s1. The molecule has 0 bridgehead atoms. The summed E-state index contributed by atoms with van der Waals surface area (Å²) in [6, 6.07) is 0.315. The molecule has 4 rings (SSSR count). The molecule has 4 N–H and O–H groups in total. The largest absolute Gasteiger partial charge is 0.390 e. The van der Waals surface area contributed by atoms with Gasteiger partial charge in [-0.25, -0.2) is 0 Å². The summed E-state index contributed by atoms with van der Waals surface area (Å²) in [5.74, 6) is 3.37. The first kappa shape index (κ1) is 17.3. The minimum absolute atomic E-state index is 0.231. The molecule has 0 aliphatic heterocycles. The molecular weight excluding hydrogens is 298 g/mol. The Morgan fingerprint density at radius 3 is 2.17 bits per heavy atom. The number of aliphatic hydroxyl groups is 2. The third kappa shape index (κ3) is 2.20. The number of fused-ring (bicyclic) bond motifs is 5. The second kappa shape index (κ2) is 5.69. The van der Waals surface area contributed by atoms with Gasteiger partial charge in [0.05, 0.1) is 12.2 Å². The van der Waals surface area contributed by atoms with Crippen LogP contribution in [0.15, 0.2) is 0 Å². The summed E-state index contributed by atoms with van der Waals surface area (Å²) in [4.78, 5) is 0. The third-order valence-electron chi connectivity index (χ3n) is 9.44. The Hall–Kier alpha value is -0.120. The quantitative estimate of drug-likeness (QED) is 0.688. The molecule has 24 heavy (non-hydrogen) atoms. The Morgan fingerprint density at radius 2 is 1.46 bits per heavy atom. The fourth-order valence-corrected chi connectivity index (χ4v) is 8.22. The smallest absolute Gasteiger partial charge is 0.0832 e. The van der Waals surface area contributed by atoms with E-state index in [1.165, 1.54) is 32.1 Å². The first-order valence-corrected chi connectivity index (χ1v) is 10.4. The Balaban J connectivity index is 1.62. The van der Waals surface area contributed by atoms with Crippen molar-refractivity contribution in [1.82, 2.24) is 0 Å². The first-order chi connectivity index (χ1) is 11.3. The molecule has 0 amide bonds. The normalized spacial score (nSPS) is 58.5. The van der Waals surface area contributed by atoms with E-state index in [2.05, 4.69) is 20.8 Å². The van der Waals surface area contributed by atoms with Crippen LogP contribution in [-0.2, 0) is 0 Å². The van der Waals surface area contributed by atoms with Gasteiger partial charge in [-0.1, -0.05) is 13.8 Å². The van der Waals surface area contributed by atoms with Gasteiger partial charge in [0.1, 0.15) is 0 Å². The van der Waals surface area contributed by atoms with Crippen molar-refractivity contribution in [2.75, 3.05) is 0 Å². The molecule has 3 heteroatoms. The van der Waals surface area contributed by atoms with E-state index in [0.717, 1.165) is 37.0 Å². The Bertz CT molecular complexity index is 494. The summed E-state index contributed by atoms with van der Waals surface area (Å²) in [5.41, 5.74) is 7.03. The lowest BCUT2D eigenvalue weighted by Crippen LogP contribution is -2.58. The molecule has 0 aromatic carbocycles. The second-order valence-corrected chi connectivity index (χ2v) is 10.3. The van der Waals surface area contributed by atoms with Gasteiger partial charge in [-0.2, -0.15) is 0 Å². The van der Waals surface area contributed by atoms with E-state index in [1.807, 2.05) is 0 Å². The van der Waals surface area contributed by atoms with E-state index >= 15 is 0 Å². The van der Waals surface area contributed by atoms with Gasteiger partial charge in [-0.05, 0) is 98.7 Å². The summed E-state index contributed by atoms with van der Waals surface area (Å²) < 4.78 is 0. The highest BCUT2D eigenvalue weighted by Gasteiger charge is 2.61. The molecule has 3 nitrogen and oxygen atoms in total. The predicted octanol–water partition coefficient (Wildman–Crippen LogP) is 3.32. The minimum Gasteiger partial charge on any atom is -0.390 e. The van der Waals surface area contributed by atoms with Gasteiger partial charge in [-0.15, -0.1) is 0 Å². The van der Waals surface area contributed by atoms with Crippen molar-refractivity contribution >= 4 is 0 Å². The van der Waals surface area contributed by atoms with Gasteiger partial charge in [0, 0.05) is 6.04 Å². The molecular formula is C21H37NO2. The molecule has 4 fully saturated rings. The molecule has 4 aliphatic rings. The van der Waals surface area contributed by atoms with Crippen LogP contribution in [0.4, 0.5) is 0 Å². The molecule has 0 aromatic rings. The Labute approximate surface area is 147 Å². The highest BCUT2D eigenvalue weighted by atomic mass is 16.3. The van der Waals surface area contributed by atoms with E-state index in [1.54, 1.807) is 0 Å². The SMILES string of the molecule is C[C@@H](N)[C@@H]1CC[C@H]2[C@@H]3CC[C@H]4[C@H](O)[C@H](O)CC[C@]4(C)[C@H]3CC[C@@]21C. The van der Waals surface area contributed by atoms with Gasteiger partial charge in [0.2, 0.25) is 0 Å². The van der Waals surface area contributed by atoms with Crippen molar-refractivity contribution in [2.24, 2.45) is 46.2 Å². The maximum atomic E-state index is 10.6. The topological polar surface area (TPSA) is 66.5 Å². The number of aliphatic hydroxyl groups excluding tert-OH is 2. The maximum Gasteiger partial charge on any atom is 0.0832 e. The summed E-state index contributed by atoms with van der Waals surface area (Å²) in [7, 11) is 0. The van der Waals surface area contributed by atoms with Crippen LogP contribution < -0.4 is 5.73 Å². The van der Waals surface area contributed by atoms with Gasteiger partial charge in [-0.3, -0.25) is 0 Å². The van der Waals surface area contributed by atoms with Crippen LogP contribution in [0.3, 0.4) is 0 Å². The van der Waals surface area contributed by atoms with Crippen LogP contribution in [0.2, 0.25) is 0 Å². The number of hydrogen-bond donors (Lipinski definition) is 3. The van der Waals surface area contributed by atoms with Crippen LogP contribution in [0, 0.1) is 40.4 Å². The van der Waals surface area contributed by atoms with Crippen LogP contribution in [-0.4, -0.2) is 28.5 Å². The van der Waals surface area contributed by atoms with E-state index in [9.17, 15) is 10.2 Å². The summed E-state index contributed by atoms with van der Waals surface area (Å²) in [6.07, 6.45) is 8.51. The third-order valence-corrected chi connectivity index (χ3v) is 9.44. The van der Waals surface area contributed by atoms with Crippen LogP contribution in [0.1, 0.15) is 72.1 Å². The van der Waals surface area contributed by atoms with Crippen molar-refractivity contribution in [3.63, 3.8) is 0 Å². The van der Waals surface area contributed by atoms with Crippen molar-refractivity contribution in [3.05, 3.63) is 0 Å². The molecule has 0 radical (unpaired) electrons. The molecule has 0 unspecified atom stereocenters. The summed E-state index contributed by atoms with van der Waals surface area (Å²) in [6.45, 7) is 7.18. The lowest BCUT2D eigenvalue weighted by Gasteiger charge is -2.62. The predicted molar refractivity (Wildman–Crippen MR) is 96.3 cm³/mol. The molecule has 10 atom stereocenters. The van der Waals surface area contributed by atoms with E-state index in [4.69, 9.17) is 5.73 Å². The second-order valence-electron chi connectivity index (χ2n) is 10.3. The van der Waals surface area contributed by atoms with Gasteiger partial charge in [0.25, 0.3) is 0 Å². The van der Waals surface area contributed by atoms with Gasteiger partial charge >= 0.3 is 0 Å². The average molecular weight is 336 g/mol. The fourth-order valence-electron chi connectivity index (χ4n) is 8.22. The van der Waals surface area contributed by atoms with Crippen LogP contribution in [0.25, 0.3) is 0 Å². The number of hydrogen-bond acceptors (Lipinski definition) is 3. The molecule has 4 saturated carbocycles. The van der Waals surface area contributed by atoms with E-state index in [-0.39, 0.29) is 5.41 Å². The first-order valence-electron chi connectivity index (χ1n) is 10.4. The molecule has 0 aromatic heterocycles. The monoisotopic (exact) mass is 335 g/mol. The zero-order valence-electron chi connectivity index (χ0n) is 15.7. The van der Waals surface area contributed by atoms with Crippen molar-refractivity contribution in [1.29, 1.82) is 0 Å². The Morgan fingerprint density at radius 1 is 0.833 bits per heavy atom. The van der Waals surface area contributed by atoms with Gasteiger partial charge in [0.15, 0.2) is 0 Å². The van der Waals surface area contributed by atoms with Crippen LogP contribution in [0.5, 0.6) is 0 Å². The average Bonchev–Trinajstić information content (AvgIpc) is 2.89. The Kier molecular flexibility index (Phi) is 4.10. The molecule has 138 valence electrons. The van der Waals surface area contributed by atoms with Crippen molar-refractivity contribution < 1.29 is 10.2 Å². The minimum atomic E-state index is -0.501. The maximum absolute atomic E-state index is 10.6. The lowest BCUT2D eigenvalue weighted by molar-refractivity contribution is -0.173. The van der Waals surface area contributed by atoms with Gasteiger partial charge < -0.3 is 15.9 Å². The zero-order valence-corrected chi connectivity index (χ0v) is 15.7. The molecule has 0 spiro atoms. The number of rotatable bonds is 1. The summed E-state index contributed by atoms with van der Waals surface area (Å²) >= 11 is 0. The van der Waals surface area contributed by atoms with Crippen LogP contribution >= 0.6 is 0 Å². The van der Waals surface area contributed by atoms with Crippen molar-refractivity contribution in [3.8, 4) is 0 Å².